The first-order valence-electron chi connectivity index (χ1n) is 6.88. The Morgan fingerprint density at radius 1 is 1.40 bits per heavy atom. The van der Waals surface area contributed by atoms with Crippen molar-refractivity contribution in [1.82, 2.24) is 5.32 Å². The van der Waals surface area contributed by atoms with Gasteiger partial charge >= 0.3 is 5.97 Å². The van der Waals surface area contributed by atoms with Gasteiger partial charge in [0.25, 0.3) is 5.91 Å². The number of esters is 1. The van der Waals surface area contributed by atoms with Crippen molar-refractivity contribution in [2.45, 2.75) is 32.3 Å². The summed E-state index contributed by atoms with van der Waals surface area (Å²) in [6, 6.07) is 7.65. The average Bonchev–Trinajstić information content (AvgIpc) is 2.87. The molecule has 5 nitrogen and oxygen atoms in total. The van der Waals surface area contributed by atoms with E-state index >= 15 is 0 Å². The molecule has 2 rings (SSSR count). The molecule has 1 atom stereocenters. The topological polar surface area (TPSA) is 64.6 Å². The van der Waals surface area contributed by atoms with Crippen LogP contribution in [0, 0.1) is 0 Å². The van der Waals surface area contributed by atoms with E-state index in [2.05, 4.69) is 5.32 Å². The fourth-order valence-corrected chi connectivity index (χ4v) is 2.12. The minimum absolute atomic E-state index is 0.134. The summed E-state index contributed by atoms with van der Waals surface area (Å²) in [6.45, 7) is 2.61. The summed E-state index contributed by atoms with van der Waals surface area (Å²) < 4.78 is 10.4. The van der Waals surface area contributed by atoms with Crippen molar-refractivity contribution in [3.8, 4) is 5.75 Å². The van der Waals surface area contributed by atoms with Gasteiger partial charge in [-0.05, 0) is 25.0 Å². The maximum atomic E-state index is 11.9. The Hall–Kier alpha value is -2.04. The number of nitrogens with one attached hydrogen (secondary N) is 1. The number of carbonyl (C=O) groups is 2. The standard InChI is InChI=1S/C15H19NO4/c1-2-19-14(17)8-5-9-16-15(18)13-10-11-6-3-4-7-12(11)20-13/h3-4,6-7,13H,2,5,8-10H2,1H3,(H,16,18). The number of rotatable bonds is 6. The Kier molecular flexibility index (Phi) is 4.98. The van der Waals surface area contributed by atoms with Gasteiger partial charge in [0.15, 0.2) is 6.10 Å². The van der Waals surface area contributed by atoms with E-state index in [-0.39, 0.29) is 11.9 Å². The fourth-order valence-electron chi connectivity index (χ4n) is 2.12. The van der Waals surface area contributed by atoms with E-state index in [1.807, 2.05) is 24.3 Å². The van der Waals surface area contributed by atoms with E-state index < -0.39 is 6.10 Å². The molecular weight excluding hydrogens is 258 g/mol. The lowest BCUT2D eigenvalue weighted by molar-refractivity contribution is -0.143. The van der Waals surface area contributed by atoms with Crippen molar-refractivity contribution in [3.05, 3.63) is 29.8 Å². The van der Waals surface area contributed by atoms with Crippen LogP contribution in [0.2, 0.25) is 0 Å². The average molecular weight is 277 g/mol. The highest BCUT2D eigenvalue weighted by Crippen LogP contribution is 2.27. The van der Waals surface area contributed by atoms with Gasteiger partial charge in [-0.25, -0.2) is 0 Å². The van der Waals surface area contributed by atoms with E-state index in [0.29, 0.717) is 32.4 Å². The quantitative estimate of drug-likeness (QED) is 0.631. The third-order valence-corrected chi connectivity index (χ3v) is 3.10. The molecule has 1 amide bonds. The molecule has 5 heteroatoms. The molecule has 1 aliphatic heterocycles. The van der Waals surface area contributed by atoms with Gasteiger partial charge in [0.1, 0.15) is 5.75 Å². The van der Waals surface area contributed by atoms with E-state index in [9.17, 15) is 9.59 Å². The van der Waals surface area contributed by atoms with Gasteiger partial charge in [0, 0.05) is 19.4 Å². The molecular formula is C15H19NO4. The van der Waals surface area contributed by atoms with Crippen LogP contribution >= 0.6 is 0 Å². The fraction of sp³-hybridized carbons (Fsp3) is 0.467. The van der Waals surface area contributed by atoms with E-state index in [0.717, 1.165) is 11.3 Å². The molecule has 1 N–H and O–H groups in total. The van der Waals surface area contributed by atoms with E-state index in [1.54, 1.807) is 6.92 Å². The molecule has 0 saturated heterocycles. The first-order chi connectivity index (χ1) is 9.70. The second-order valence-electron chi connectivity index (χ2n) is 4.62. The Morgan fingerprint density at radius 3 is 2.95 bits per heavy atom. The van der Waals surface area contributed by atoms with Crippen molar-refractivity contribution >= 4 is 11.9 Å². The molecule has 0 radical (unpaired) electrons. The SMILES string of the molecule is CCOC(=O)CCCNC(=O)C1Cc2ccccc2O1. The van der Waals surface area contributed by atoms with Crippen molar-refractivity contribution in [2.75, 3.05) is 13.2 Å². The normalized spacial score (nSPS) is 16.1. The maximum Gasteiger partial charge on any atom is 0.305 e. The van der Waals surface area contributed by atoms with Crippen molar-refractivity contribution in [1.29, 1.82) is 0 Å². The molecule has 0 bridgehead atoms. The summed E-state index contributed by atoms with van der Waals surface area (Å²) in [5, 5.41) is 2.79. The highest BCUT2D eigenvalue weighted by atomic mass is 16.5. The van der Waals surface area contributed by atoms with E-state index in [1.165, 1.54) is 0 Å². The third kappa shape index (κ3) is 3.73. The Labute approximate surface area is 118 Å². The van der Waals surface area contributed by atoms with Crippen LogP contribution in [-0.4, -0.2) is 31.1 Å². The molecule has 1 unspecified atom stereocenters. The number of hydrogen-bond acceptors (Lipinski definition) is 4. The summed E-state index contributed by atoms with van der Waals surface area (Å²) in [5.41, 5.74) is 1.05. The Bertz CT molecular complexity index is 462. The molecule has 0 fully saturated rings. The second-order valence-corrected chi connectivity index (χ2v) is 4.62. The number of para-hydroxylation sites is 1. The van der Waals surface area contributed by atoms with Crippen LogP contribution in [0.5, 0.6) is 5.75 Å². The maximum absolute atomic E-state index is 11.9. The van der Waals surface area contributed by atoms with E-state index in [4.69, 9.17) is 9.47 Å². The molecule has 1 aromatic rings. The van der Waals surface area contributed by atoms with Gasteiger partial charge in [0.2, 0.25) is 0 Å². The second kappa shape index (κ2) is 6.93. The van der Waals surface area contributed by atoms with Crippen LogP contribution in [0.1, 0.15) is 25.3 Å². The summed E-state index contributed by atoms with van der Waals surface area (Å²) in [4.78, 5) is 23.1. The number of ether oxygens (including phenoxy) is 2. The summed E-state index contributed by atoms with van der Waals surface area (Å²) in [5.74, 6) is 0.413. The summed E-state index contributed by atoms with van der Waals surface area (Å²) >= 11 is 0. The molecule has 108 valence electrons. The molecule has 1 heterocycles. The lowest BCUT2D eigenvalue weighted by Gasteiger charge is -2.11. The molecule has 20 heavy (non-hydrogen) atoms. The lowest BCUT2D eigenvalue weighted by atomic mass is 10.1. The van der Waals surface area contributed by atoms with Crippen LogP contribution in [0.3, 0.4) is 0 Å². The van der Waals surface area contributed by atoms with Crippen molar-refractivity contribution in [3.63, 3.8) is 0 Å². The number of carbonyl (C=O) groups excluding carboxylic acids is 2. The predicted octanol–water partition coefficient (Wildman–Crippen LogP) is 1.45. The summed E-state index contributed by atoms with van der Waals surface area (Å²) in [7, 11) is 0. The van der Waals surface area contributed by atoms with Crippen LogP contribution in [0.25, 0.3) is 0 Å². The van der Waals surface area contributed by atoms with Gasteiger partial charge in [-0.15, -0.1) is 0 Å². The predicted molar refractivity (Wildman–Crippen MR) is 73.4 cm³/mol. The molecule has 1 aromatic carbocycles. The van der Waals surface area contributed by atoms with Gasteiger partial charge < -0.3 is 14.8 Å². The van der Waals surface area contributed by atoms with Gasteiger partial charge in [-0.1, -0.05) is 18.2 Å². The third-order valence-electron chi connectivity index (χ3n) is 3.10. The number of fused-ring (bicyclic) bond motifs is 1. The zero-order valence-corrected chi connectivity index (χ0v) is 11.6. The van der Waals surface area contributed by atoms with Crippen LogP contribution in [0.15, 0.2) is 24.3 Å². The lowest BCUT2D eigenvalue weighted by Crippen LogP contribution is -2.38. The molecule has 1 aliphatic rings. The first kappa shape index (κ1) is 14.4. The summed E-state index contributed by atoms with van der Waals surface area (Å²) in [6.07, 6.45) is 1.03. The Morgan fingerprint density at radius 2 is 2.20 bits per heavy atom. The van der Waals surface area contributed by atoms with Gasteiger partial charge in [0.05, 0.1) is 6.61 Å². The van der Waals surface area contributed by atoms with Crippen LogP contribution in [0.4, 0.5) is 0 Å². The highest BCUT2D eigenvalue weighted by molar-refractivity contribution is 5.82. The smallest absolute Gasteiger partial charge is 0.305 e. The van der Waals surface area contributed by atoms with Gasteiger partial charge in [-0.2, -0.15) is 0 Å². The number of amides is 1. The number of benzene rings is 1. The van der Waals surface area contributed by atoms with Crippen LogP contribution < -0.4 is 10.1 Å². The minimum Gasteiger partial charge on any atom is -0.480 e. The number of hydrogen-bond donors (Lipinski definition) is 1. The van der Waals surface area contributed by atoms with Crippen molar-refractivity contribution < 1.29 is 19.1 Å². The minimum atomic E-state index is -0.463. The highest BCUT2D eigenvalue weighted by Gasteiger charge is 2.28. The van der Waals surface area contributed by atoms with Crippen molar-refractivity contribution in [2.24, 2.45) is 0 Å². The first-order valence-corrected chi connectivity index (χ1v) is 6.88. The monoisotopic (exact) mass is 277 g/mol. The molecule has 0 saturated carbocycles. The van der Waals surface area contributed by atoms with Crippen LogP contribution in [-0.2, 0) is 20.7 Å². The molecule has 0 aromatic heterocycles. The zero-order chi connectivity index (χ0) is 14.4. The Balaban J connectivity index is 1.68. The van der Waals surface area contributed by atoms with Gasteiger partial charge in [-0.3, -0.25) is 9.59 Å². The molecule has 0 spiro atoms. The molecule has 0 aliphatic carbocycles. The largest absolute Gasteiger partial charge is 0.480 e. The zero-order valence-electron chi connectivity index (χ0n) is 11.6.